The van der Waals surface area contributed by atoms with Gasteiger partial charge in [0.25, 0.3) is 0 Å². The van der Waals surface area contributed by atoms with Crippen molar-refractivity contribution in [2.45, 2.75) is 26.0 Å². The first-order chi connectivity index (χ1) is 15.9. The molecular formula is C25H25ClN4O3. The zero-order valence-corrected chi connectivity index (χ0v) is 19.2. The molecular weight excluding hydrogens is 440 g/mol. The Morgan fingerprint density at radius 3 is 2.58 bits per heavy atom. The van der Waals surface area contributed by atoms with Gasteiger partial charge in [0.1, 0.15) is 17.9 Å². The maximum atomic E-state index is 10.9. The first-order valence-electron chi connectivity index (χ1n) is 10.6. The Morgan fingerprint density at radius 2 is 1.85 bits per heavy atom. The number of benzene rings is 3. The van der Waals surface area contributed by atoms with E-state index in [0.29, 0.717) is 11.6 Å². The van der Waals surface area contributed by atoms with Gasteiger partial charge in [-0.25, -0.2) is 4.68 Å². The van der Waals surface area contributed by atoms with Crippen molar-refractivity contribution in [2.24, 2.45) is 0 Å². The Balaban J connectivity index is 1.37. The highest BCUT2D eigenvalue weighted by atomic mass is 35.5. The standard InChI is InChI=1S/C25H25ClN4O3/c1-17(29(2)15-25(31)32)13-18-7-10-20(11-8-18)33-16-19-9-12-23(21(26)14-19)30-24-6-4-3-5-22(24)27-28-30/h3-12,14,17H,13,15-16H2,1-2H3,(H,31,32)/t17-/m1/s1. The highest BCUT2D eigenvalue weighted by Gasteiger charge is 2.13. The van der Waals surface area contributed by atoms with Crippen molar-refractivity contribution in [3.05, 3.63) is 82.9 Å². The summed E-state index contributed by atoms with van der Waals surface area (Å²) in [6, 6.07) is 21.5. The third-order valence-corrected chi connectivity index (χ3v) is 5.89. The van der Waals surface area contributed by atoms with Crippen LogP contribution < -0.4 is 4.74 Å². The maximum Gasteiger partial charge on any atom is 0.317 e. The highest BCUT2D eigenvalue weighted by Crippen LogP contribution is 2.25. The molecule has 4 aromatic rings. The lowest BCUT2D eigenvalue weighted by Crippen LogP contribution is -2.35. The minimum atomic E-state index is -0.823. The molecule has 0 amide bonds. The van der Waals surface area contributed by atoms with Crippen LogP contribution in [0.1, 0.15) is 18.1 Å². The molecule has 1 N–H and O–H groups in total. The summed E-state index contributed by atoms with van der Waals surface area (Å²) in [5.41, 5.74) is 4.54. The van der Waals surface area contributed by atoms with Gasteiger partial charge in [0.2, 0.25) is 0 Å². The maximum absolute atomic E-state index is 10.9. The number of hydrogen-bond acceptors (Lipinski definition) is 5. The molecule has 1 atom stereocenters. The number of aromatic nitrogens is 3. The number of likely N-dealkylation sites (N-methyl/N-ethyl adjacent to an activating group) is 1. The quantitative estimate of drug-likeness (QED) is 0.390. The number of fused-ring (bicyclic) bond motifs is 1. The number of rotatable bonds is 9. The Morgan fingerprint density at radius 1 is 1.12 bits per heavy atom. The van der Waals surface area contributed by atoms with Crippen LogP contribution in [-0.4, -0.2) is 50.6 Å². The summed E-state index contributed by atoms with van der Waals surface area (Å²) in [6.07, 6.45) is 0.762. The summed E-state index contributed by atoms with van der Waals surface area (Å²) in [5.74, 6) is -0.0661. The summed E-state index contributed by atoms with van der Waals surface area (Å²) in [5, 5.41) is 17.9. The Kier molecular flexibility index (Phi) is 6.91. The monoisotopic (exact) mass is 464 g/mol. The summed E-state index contributed by atoms with van der Waals surface area (Å²) in [7, 11) is 1.82. The molecule has 4 rings (SSSR count). The smallest absolute Gasteiger partial charge is 0.317 e. The molecule has 0 spiro atoms. The number of carboxylic acid groups (broad SMARTS) is 1. The number of hydrogen-bond donors (Lipinski definition) is 1. The van der Waals surface area contributed by atoms with Crippen LogP contribution in [0, 0.1) is 0 Å². The first kappa shape index (κ1) is 22.8. The van der Waals surface area contributed by atoms with E-state index in [2.05, 4.69) is 10.3 Å². The Bertz CT molecular complexity index is 1260. The van der Waals surface area contributed by atoms with Gasteiger partial charge < -0.3 is 9.84 Å². The van der Waals surface area contributed by atoms with Crippen LogP contribution in [0.3, 0.4) is 0 Å². The minimum absolute atomic E-state index is 0.0246. The van der Waals surface area contributed by atoms with Crippen LogP contribution in [0.4, 0.5) is 0 Å². The van der Waals surface area contributed by atoms with Gasteiger partial charge in [0, 0.05) is 6.04 Å². The molecule has 0 saturated heterocycles. The fourth-order valence-electron chi connectivity index (χ4n) is 3.61. The lowest BCUT2D eigenvalue weighted by Gasteiger charge is -2.22. The van der Waals surface area contributed by atoms with Gasteiger partial charge >= 0.3 is 5.97 Å². The predicted molar refractivity (Wildman–Crippen MR) is 128 cm³/mol. The summed E-state index contributed by atoms with van der Waals surface area (Å²) >= 11 is 6.54. The largest absolute Gasteiger partial charge is 0.489 e. The molecule has 0 unspecified atom stereocenters. The number of para-hydroxylation sites is 1. The molecule has 1 heterocycles. The Hall–Kier alpha value is -3.42. The van der Waals surface area contributed by atoms with E-state index in [-0.39, 0.29) is 12.6 Å². The van der Waals surface area contributed by atoms with Crippen molar-refractivity contribution in [3.63, 3.8) is 0 Å². The van der Waals surface area contributed by atoms with E-state index in [1.54, 1.807) is 4.68 Å². The number of ether oxygens (including phenoxy) is 1. The van der Waals surface area contributed by atoms with E-state index in [4.69, 9.17) is 21.4 Å². The molecule has 8 heteroatoms. The van der Waals surface area contributed by atoms with Crippen molar-refractivity contribution in [1.29, 1.82) is 0 Å². The second-order valence-electron chi connectivity index (χ2n) is 8.07. The van der Waals surface area contributed by atoms with E-state index in [9.17, 15) is 4.79 Å². The normalized spacial score (nSPS) is 12.2. The van der Waals surface area contributed by atoms with E-state index in [0.717, 1.165) is 40.0 Å². The van der Waals surface area contributed by atoms with Gasteiger partial charge in [-0.15, -0.1) is 5.10 Å². The van der Waals surface area contributed by atoms with Gasteiger partial charge in [0.15, 0.2) is 0 Å². The highest BCUT2D eigenvalue weighted by molar-refractivity contribution is 6.32. The molecule has 0 bridgehead atoms. The molecule has 3 aromatic carbocycles. The lowest BCUT2D eigenvalue weighted by molar-refractivity contribution is -0.138. The summed E-state index contributed by atoms with van der Waals surface area (Å²) < 4.78 is 7.66. The zero-order valence-electron chi connectivity index (χ0n) is 18.5. The number of nitrogens with zero attached hydrogens (tertiary/aromatic N) is 4. The van der Waals surface area contributed by atoms with Crippen molar-refractivity contribution < 1.29 is 14.6 Å². The fourth-order valence-corrected chi connectivity index (χ4v) is 3.90. The van der Waals surface area contributed by atoms with Crippen molar-refractivity contribution in [3.8, 4) is 11.4 Å². The zero-order chi connectivity index (χ0) is 23.4. The van der Waals surface area contributed by atoms with Gasteiger partial charge in [-0.3, -0.25) is 9.69 Å². The van der Waals surface area contributed by atoms with Crippen LogP contribution in [0.15, 0.2) is 66.7 Å². The molecule has 1 aromatic heterocycles. The van der Waals surface area contributed by atoms with E-state index in [1.807, 2.05) is 85.6 Å². The van der Waals surface area contributed by atoms with E-state index in [1.165, 1.54) is 0 Å². The van der Waals surface area contributed by atoms with Crippen LogP contribution >= 0.6 is 11.6 Å². The molecule has 0 radical (unpaired) electrons. The molecule has 0 saturated carbocycles. The minimum Gasteiger partial charge on any atom is -0.489 e. The van der Waals surface area contributed by atoms with Gasteiger partial charge in [-0.1, -0.05) is 47.1 Å². The van der Waals surface area contributed by atoms with Crippen LogP contribution in [0.25, 0.3) is 16.7 Å². The summed E-state index contributed by atoms with van der Waals surface area (Å²) in [4.78, 5) is 12.7. The predicted octanol–water partition coefficient (Wildman–Crippen LogP) is 4.60. The van der Waals surface area contributed by atoms with Crippen molar-refractivity contribution in [1.82, 2.24) is 19.9 Å². The fraction of sp³-hybridized carbons (Fsp3) is 0.240. The van der Waals surface area contributed by atoms with Gasteiger partial charge in [-0.05, 0) is 67.9 Å². The average Bonchev–Trinajstić information content (AvgIpc) is 3.22. The van der Waals surface area contributed by atoms with Gasteiger partial charge in [-0.2, -0.15) is 0 Å². The van der Waals surface area contributed by atoms with E-state index >= 15 is 0 Å². The second-order valence-corrected chi connectivity index (χ2v) is 8.48. The third-order valence-electron chi connectivity index (χ3n) is 5.59. The molecule has 0 aliphatic rings. The number of carbonyl (C=O) groups is 1. The van der Waals surface area contributed by atoms with E-state index < -0.39 is 5.97 Å². The summed E-state index contributed by atoms with van der Waals surface area (Å²) in [6.45, 7) is 2.43. The SMILES string of the molecule is C[C@H](Cc1ccc(OCc2ccc(-n3nnc4ccccc43)c(Cl)c2)cc1)N(C)CC(=O)O. The molecule has 0 aliphatic carbocycles. The van der Waals surface area contributed by atoms with Crippen LogP contribution in [0.5, 0.6) is 5.75 Å². The van der Waals surface area contributed by atoms with Crippen molar-refractivity contribution in [2.75, 3.05) is 13.6 Å². The molecule has 33 heavy (non-hydrogen) atoms. The van der Waals surface area contributed by atoms with Crippen molar-refractivity contribution >= 4 is 28.6 Å². The molecule has 7 nitrogen and oxygen atoms in total. The molecule has 170 valence electrons. The molecule has 0 fully saturated rings. The lowest BCUT2D eigenvalue weighted by atomic mass is 10.1. The number of aliphatic carboxylic acids is 1. The third kappa shape index (κ3) is 5.50. The number of carboxylic acids is 1. The van der Waals surface area contributed by atoms with Gasteiger partial charge in [0.05, 0.1) is 22.8 Å². The van der Waals surface area contributed by atoms with Crippen LogP contribution in [-0.2, 0) is 17.8 Å². The second kappa shape index (κ2) is 10.0. The Labute approximate surface area is 197 Å². The number of halogens is 1. The average molecular weight is 465 g/mol. The van der Waals surface area contributed by atoms with Crippen LogP contribution in [0.2, 0.25) is 5.02 Å². The topological polar surface area (TPSA) is 80.5 Å². The first-order valence-corrected chi connectivity index (χ1v) is 11.0. The molecule has 0 aliphatic heterocycles.